The predicted octanol–water partition coefficient (Wildman–Crippen LogP) is 1.14. The number of rotatable bonds is 8. The Bertz CT molecular complexity index is 755. The fraction of sp³-hybridized carbons (Fsp3) is 0.625. The van der Waals surface area contributed by atoms with Gasteiger partial charge in [-0.15, -0.1) is 0 Å². The predicted molar refractivity (Wildman–Crippen MR) is 97.4 cm³/mol. The van der Waals surface area contributed by atoms with E-state index in [4.69, 9.17) is 0 Å². The Kier molecular flexibility index (Phi) is 7.38. The van der Waals surface area contributed by atoms with Crippen molar-refractivity contribution in [3.8, 4) is 0 Å². The summed E-state index contributed by atoms with van der Waals surface area (Å²) in [6.07, 6.45) is 4.38. The van der Waals surface area contributed by atoms with Crippen LogP contribution in [0.3, 0.4) is 0 Å². The van der Waals surface area contributed by atoms with Gasteiger partial charge in [0.25, 0.3) is 0 Å². The normalized spacial score (nSPS) is 17.3. The van der Waals surface area contributed by atoms with Crippen LogP contribution >= 0.6 is 0 Å². The highest BCUT2D eigenvalue weighted by molar-refractivity contribution is 7.90. The highest BCUT2D eigenvalue weighted by Gasteiger charge is 2.26. The molecule has 1 aliphatic heterocycles. The van der Waals surface area contributed by atoms with Crippen molar-refractivity contribution in [3.63, 3.8) is 0 Å². The first-order chi connectivity index (χ1) is 11.9. The van der Waals surface area contributed by atoms with Gasteiger partial charge < -0.3 is 5.32 Å². The molecule has 1 saturated heterocycles. The summed E-state index contributed by atoms with van der Waals surface area (Å²) in [4.78, 5) is 0.0142. The summed E-state index contributed by atoms with van der Waals surface area (Å²) < 4.78 is 54.3. The van der Waals surface area contributed by atoms with Gasteiger partial charge in [0, 0.05) is 19.6 Å². The van der Waals surface area contributed by atoms with Gasteiger partial charge in [-0.1, -0.05) is 18.9 Å². The third-order valence-corrected chi connectivity index (χ3v) is 7.57. The van der Waals surface area contributed by atoms with E-state index < -0.39 is 20.0 Å². The SMILES string of the molecule is CNCCCNS(=O)(=O)c1cccc(S(=O)(=O)N2CCCCCC2)c1. The summed E-state index contributed by atoms with van der Waals surface area (Å²) in [5.74, 6) is 0. The first-order valence-electron chi connectivity index (χ1n) is 8.62. The molecule has 142 valence electrons. The molecule has 25 heavy (non-hydrogen) atoms. The molecule has 1 aromatic carbocycles. The van der Waals surface area contributed by atoms with Gasteiger partial charge in [-0.3, -0.25) is 0 Å². The second-order valence-electron chi connectivity index (χ2n) is 6.15. The van der Waals surface area contributed by atoms with Crippen molar-refractivity contribution in [1.29, 1.82) is 0 Å². The third kappa shape index (κ3) is 5.49. The molecule has 0 bridgehead atoms. The molecule has 0 atom stereocenters. The minimum absolute atomic E-state index is 0.0205. The molecule has 1 aromatic rings. The van der Waals surface area contributed by atoms with E-state index >= 15 is 0 Å². The Morgan fingerprint density at radius 3 is 2.24 bits per heavy atom. The molecule has 2 N–H and O–H groups in total. The average molecular weight is 390 g/mol. The molecule has 0 saturated carbocycles. The zero-order valence-corrected chi connectivity index (χ0v) is 16.2. The number of hydrogen-bond donors (Lipinski definition) is 2. The minimum Gasteiger partial charge on any atom is -0.320 e. The molecule has 0 unspecified atom stereocenters. The van der Waals surface area contributed by atoms with Crippen LogP contribution in [-0.4, -0.2) is 54.4 Å². The molecule has 0 aliphatic carbocycles. The molecule has 2 rings (SSSR count). The van der Waals surface area contributed by atoms with Crippen molar-refractivity contribution in [1.82, 2.24) is 14.3 Å². The van der Waals surface area contributed by atoms with Crippen LogP contribution in [0.2, 0.25) is 0 Å². The fourth-order valence-electron chi connectivity index (χ4n) is 2.79. The highest BCUT2D eigenvalue weighted by atomic mass is 32.2. The summed E-state index contributed by atoms with van der Waals surface area (Å²) in [5.41, 5.74) is 0. The summed E-state index contributed by atoms with van der Waals surface area (Å²) >= 11 is 0. The Morgan fingerprint density at radius 2 is 1.60 bits per heavy atom. The standard InChI is InChI=1S/C16H27N3O4S2/c1-17-10-7-11-18-24(20,21)15-8-6-9-16(14-15)25(22,23)19-12-4-2-3-5-13-19/h6,8-9,14,17-18H,2-5,7,10-13H2,1H3. The first-order valence-corrected chi connectivity index (χ1v) is 11.5. The van der Waals surface area contributed by atoms with Gasteiger partial charge >= 0.3 is 0 Å². The Hall–Kier alpha value is -1.00. The van der Waals surface area contributed by atoms with Gasteiger partial charge in [-0.2, -0.15) is 4.31 Å². The van der Waals surface area contributed by atoms with Gasteiger partial charge in [-0.25, -0.2) is 21.6 Å². The van der Waals surface area contributed by atoms with E-state index in [1.54, 1.807) is 7.05 Å². The molecular weight excluding hydrogens is 362 g/mol. The van der Waals surface area contributed by atoms with Crippen LogP contribution in [0.15, 0.2) is 34.1 Å². The summed E-state index contributed by atoms with van der Waals surface area (Å²) in [6.45, 7) is 1.97. The Balaban J connectivity index is 2.19. The van der Waals surface area contributed by atoms with Gasteiger partial charge in [0.2, 0.25) is 20.0 Å². The van der Waals surface area contributed by atoms with Crippen molar-refractivity contribution in [2.45, 2.75) is 41.9 Å². The number of nitrogens with zero attached hydrogens (tertiary/aromatic N) is 1. The number of sulfonamides is 2. The van der Waals surface area contributed by atoms with Crippen LogP contribution in [0.1, 0.15) is 32.1 Å². The monoisotopic (exact) mass is 389 g/mol. The maximum Gasteiger partial charge on any atom is 0.243 e. The lowest BCUT2D eigenvalue weighted by Gasteiger charge is -2.20. The van der Waals surface area contributed by atoms with E-state index in [1.165, 1.54) is 28.6 Å². The van der Waals surface area contributed by atoms with Crippen LogP contribution < -0.4 is 10.0 Å². The zero-order valence-electron chi connectivity index (χ0n) is 14.6. The molecule has 7 nitrogen and oxygen atoms in total. The van der Waals surface area contributed by atoms with Crippen molar-refractivity contribution in [2.75, 3.05) is 33.2 Å². The van der Waals surface area contributed by atoms with Gasteiger partial charge in [-0.05, 0) is 51.1 Å². The second kappa shape index (κ2) is 9.09. The maximum absolute atomic E-state index is 12.8. The number of nitrogens with one attached hydrogen (secondary N) is 2. The van der Waals surface area contributed by atoms with Crippen LogP contribution in [0.5, 0.6) is 0 Å². The minimum atomic E-state index is -3.72. The Labute approximate surface area is 150 Å². The van der Waals surface area contributed by atoms with Crippen LogP contribution in [-0.2, 0) is 20.0 Å². The largest absolute Gasteiger partial charge is 0.320 e. The lowest BCUT2D eigenvalue weighted by Crippen LogP contribution is -2.32. The smallest absolute Gasteiger partial charge is 0.243 e. The van der Waals surface area contributed by atoms with E-state index in [-0.39, 0.29) is 9.79 Å². The zero-order chi connectivity index (χ0) is 18.3. The topological polar surface area (TPSA) is 95.6 Å². The third-order valence-electron chi connectivity index (χ3n) is 4.21. The van der Waals surface area contributed by atoms with Crippen LogP contribution in [0.4, 0.5) is 0 Å². The number of hydrogen-bond acceptors (Lipinski definition) is 5. The summed E-state index contributed by atoms with van der Waals surface area (Å²) in [6, 6.07) is 5.61. The molecule has 0 amide bonds. The molecule has 1 heterocycles. The van der Waals surface area contributed by atoms with Crippen molar-refractivity contribution >= 4 is 20.0 Å². The summed E-state index contributed by atoms with van der Waals surface area (Å²) in [7, 11) is -5.59. The quantitative estimate of drug-likeness (QED) is 0.650. The van der Waals surface area contributed by atoms with E-state index in [1.807, 2.05) is 0 Å². The van der Waals surface area contributed by atoms with Gasteiger partial charge in [0.05, 0.1) is 9.79 Å². The molecule has 1 aliphatic rings. The van der Waals surface area contributed by atoms with Gasteiger partial charge in [0.1, 0.15) is 0 Å². The second-order valence-corrected chi connectivity index (χ2v) is 9.85. The molecule has 0 spiro atoms. The molecular formula is C16H27N3O4S2. The molecule has 0 aromatic heterocycles. The van der Waals surface area contributed by atoms with E-state index in [0.29, 0.717) is 32.6 Å². The van der Waals surface area contributed by atoms with E-state index in [9.17, 15) is 16.8 Å². The lowest BCUT2D eigenvalue weighted by molar-refractivity contribution is 0.423. The maximum atomic E-state index is 12.8. The summed E-state index contributed by atoms with van der Waals surface area (Å²) in [5, 5.41) is 2.94. The average Bonchev–Trinajstić information content (AvgIpc) is 2.89. The molecule has 9 heteroatoms. The van der Waals surface area contributed by atoms with Crippen molar-refractivity contribution in [2.24, 2.45) is 0 Å². The first kappa shape index (κ1) is 20.3. The lowest BCUT2D eigenvalue weighted by atomic mass is 10.2. The van der Waals surface area contributed by atoms with Crippen molar-refractivity contribution in [3.05, 3.63) is 24.3 Å². The van der Waals surface area contributed by atoms with E-state index in [2.05, 4.69) is 10.0 Å². The Morgan fingerprint density at radius 1 is 0.960 bits per heavy atom. The molecule has 1 fully saturated rings. The van der Waals surface area contributed by atoms with Crippen LogP contribution in [0, 0.1) is 0 Å². The van der Waals surface area contributed by atoms with Crippen LogP contribution in [0.25, 0.3) is 0 Å². The van der Waals surface area contributed by atoms with Crippen molar-refractivity contribution < 1.29 is 16.8 Å². The van der Waals surface area contributed by atoms with E-state index in [0.717, 1.165) is 25.7 Å². The fourth-order valence-corrected chi connectivity index (χ4v) is 5.55. The molecule has 0 radical (unpaired) electrons. The van der Waals surface area contributed by atoms with Gasteiger partial charge in [0.15, 0.2) is 0 Å². The highest BCUT2D eigenvalue weighted by Crippen LogP contribution is 2.22. The number of benzene rings is 1.